The SMILES string of the molecule is CC1(CN)COCCN(C(=O)OC(C)(C)C)C1. The van der Waals surface area contributed by atoms with Crippen LogP contribution in [0.1, 0.15) is 27.7 Å². The number of hydrogen-bond acceptors (Lipinski definition) is 4. The van der Waals surface area contributed by atoms with Crippen LogP contribution in [0.2, 0.25) is 0 Å². The van der Waals surface area contributed by atoms with Crippen LogP contribution in [0.5, 0.6) is 0 Å². The van der Waals surface area contributed by atoms with Crippen LogP contribution in [-0.2, 0) is 9.47 Å². The normalized spacial score (nSPS) is 26.5. The van der Waals surface area contributed by atoms with Gasteiger partial charge in [0, 0.05) is 25.0 Å². The van der Waals surface area contributed by atoms with Crippen molar-refractivity contribution < 1.29 is 14.3 Å². The summed E-state index contributed by atoms with van der Waals surface area (Å²) in [6.07, 6.45) is -0.289. The van der Waals surface area contributed by atoms with Gasteiger partial charge in [-0.05, 0) is 20.8 Å². The van der Waals surface area contributed by atoms with Crippen LogP contribution in [0, 0.1) is 5.41 Å². The predicted molar refractivity (Wildman–Crippen MR) is 65.8 cm³/mol. The second-order valence-electron chi connectivity index (χ2n) is 5.97. The van der Waals surface area contributed by atoms with E-state index in [0.29, 0.717) is 32.8 Å². The molecule has 1 amide bonds. The lowest BCUT2D eigenvalue weighted by Crippen LogP contribution is -2.45. The summed E-state index contributed by atoms with van der Waals surface area (Å²) in [5, 5.41) is 0. The number of rotatable bonds is 1. The molecule has 2 N–H and O–H groups in total. The highest BCUT2D eigenvalue weighted by atomic mass is 16.6. The molecule has 1 saturated heterocycles. The molecule has 0 aromatic rings. The topological polar surface area (TPSA) is 64.8 Å². The standard InChI is InChI=1S/C12H24N2O3/c1-11(2,3)17-10(15)14-5-6-16-9-12(4,7-13)8-14/h5-9,13H2,1-4H3. The molecular weight excluding hydrogens is 220 g/mol. The third kappa shape index (κ3) is 4.52. The van der Waals surface area contributed by atoms with Gasteiger partial charge < -0.3 is 20.1 Å². The van der Waals surface area contributed by atoms with E-state index in [1.807, 2.05) is 27.7 Å². The van der Waals surface area contributed by atoms with E-state index >= 15 is 0 Å². The lowest BCUT2D eigenvalue weighted by Gasteiger charge is -2.32. The lowest BCUT2D eigenvalue weighted by atomic mass is 9.91. The molecule has 1 aliphatic heterocycles. The molecule has 5 nitrogen and oxygen atoms in total. The van der Waals surface area contributed by atoms with Crippen LogP contribution in [0.4, 0.5) is 4.79 Å². The van der Waals surface area contributed by atoms with Crippen molar-refractivity contribution >= 4 is 6.09 Å². The Morgan fingerprint density at radius 1 is 1.53 bits per heavy atom. The Bertz CT molecular complexity index is 275. The molecule has 1 rings (SSSR count). The molecule has 0 spiro atoms. The highest BCUT2D eigenvalue weighted by Gasteiger charge is 2.33. The van der Waals surface area contributed by atoms with Gasteiger partial charge in [-0.15, -0.1) is 0 Å². The molecule has 5 heteroatoms. The number of carbonyl (C=O) groups excluding carboxylic acids is 1. The summed E-state index contributed by atoms with van der Waals surface area (Å²) in [7, 11) is 0. The van der Waals surface area contributed by atoms with E-state index < -0.39 is 5.60 Å². The first-order chi connectivity index (χ1) is 7.76. The zero-order valence-electron chi connectivity index (χ0n) is 11.3. The molecule has 0 aromatic carbocycles. The Labute approximate surface area is 103 Å². The maximum atomic E-state index is 12.0. The molecule has 0 aromatic heterocycles. The first kappa shape index (κ1) is 14.3. The zero-order valence-corrected chi connectivity index (χ0v) is 11.3. The minimum Gasteiger partial charge on any atom is -0.444 e. The zero-order chi connectivity index (χ0) is 13.1. The lowest BCUT2D eigenvalue weighted by molar-refractivity contribution is 0.0206. The Morgan fingerprint density at radius 2 is 2.18 bits per heavy atom. The van der Waals surface area contributed by atoms with E-state index in [9.17, 15) is 4.79 Å². The van der Waals surface area contributed by atoms with Crippen molar-refractivity contribution in [2.45, 2.75) is 33.3 Å². The number of nitrogens with two attached hydrogens (primary N) is 1. The number of carbonyl (C=O) groups is 1. The molecule has 17 heavy (non-hydrogen) atoms. The molecule has 1 unspecified atom stereocenters. The second-order valence-corrected chi connectivity index (χ2v) is 5.97. The minimum atomic E-state index is -0.469. The number of ether oxygens (including phenoxy) is 2. The fourth-order valence-corrected chi connectivity index (χ4v) is 1.68. The van der Waals surface area contributed by atoms with E-state index in [2.05, 4.69) is 0 Å². The molecular formula is C12H24N2O3. The number of hydrogen-bond donors (Lipinski definition) is 1. The average Bonchev–Trinajstić information content (AvgIpc) is 2.39. The smallest absolute Gasteiger partial charge is 0.410 e. The fourth-order valence-electron chi connectivity index (χ4n) is 1.68. The Kier molecular flexibility index (Phi) is 4.38. The third-order valence-corrected chi connectivity index (χ3v) is 2.67. The maximum Gasteiger partial charge on any atom is 0.410 e. The van der Waals surface area contributed by atoms with Gasteiger partial charge in [0.25, 0.3) is 0 Å². The average molecular weight is 244 g/mol. The molecule has 100 valence electrons. The van der Waals surface area contributed by atoms with E-state index in [1.165, 1.54) is 0 Å². The number of amides is 1. The van der Waals surface area contributed by atoms with Crippen LogP contribution in [0.3, 0.4) is 0 Å². The van der Waals surface area contributed by atoms with Crippen molar-refractivity contribution in [3.8, 4) is 0 Å². The minimum absolute atomic E-state index is 0.187. The molecule has 1 heterocycles. The van der Waals surface area contributed by atoms with Gasteiger partial charge in [0.05, 0.1) is 13.2 Å². The quantitative estimate of drug-likeness (QED) is 0.753. The van der Waals surface area contributed by atoms with Gasteiger partial charge in [-0.3, -0.25) is 0 Å². The van der Waals surface area contributed by atoms with Gasteiger partial charge in [-0.25, -0.2) is 4.79 Å². The predicted octanol–water partition coefficient (Wildman–Crippen LogP) is 1.22. The molecule has 0 saturated carbocycles. The van der Waals surface area contributed by atoms with Gasteiger partial charge in [-0.1, -0.05) is 6.92 Å². The van der Waals surface area contributed by atoms with Crippen molar-refractivity contribution in [2.24, 2.45) is 11.1 Å². The van der Waals surface area contributed by atoms with Gasteiger partial charge in [0.15, 0.2) is 0 Å². The molecule has 0 bridgehead atoms. The van der Waals surface area contributed by atoms with Gasteiger partial charge in [-0.2, -0.15) is 0 Å². The molecule has 0 aliphatic carbocycles. The highest BCUT2D eigenvalue weighted by molar-refractivity contribution is 5.68. The van der Waals surface area contributed by atoms with Crippen LogP contribution in [-0.4, -0.2) is 49.4 Å². The molecule has 1 fully saturated rings. The van der Waals surface area contributed by atoms with Gasteiger partial charge in [0.2, 0.25) is 0 Å². The van der Waals surface area contributed by atoms with Crippen LogP contribution in [0.15, 0.2) is 0 Å². The highest BCUT2D eigenvalue weighted by Crippen LogP contribution is 2.21. The Hall–Kier alpha value is -0.810. The van der Waals surface area contributed by atoms with Crippen LogP contribution < -0.4 is 5.73 Å². The summed E-state index contributed by atoms with van der Waals surface area (Å²) in [6, 6.07) is 0. The monoisotopic (exact) mass is 244 g/mol. The third-order valence-electron chi connectivity index (χ3n) is 2.67. The van der Waals surface area contributed by atoms with Crippen molar-refractivity contribution in [2.75, 3.05) is 32.8 Å². The largest absolute Gasteiger partial charge is 0.444 e. The second kappa shape index (κ2) is 5.23. The van der Waals surface area contributed by atoms with Crippen LogP contribution in [0.25, 0.3) is 0 Å². The summed E-state index contributed by atoms with van der Waals surface area (Å²) in [4.78, 5) is 13.7. The summed E-state index contributed by atoms with van der Waals surface area (Å²) in [6.45, 7) is 10.4. The Morgan fingerprint density at radius 3 is 2.71 bits per heavy atom. The van der Waals surface area contributed by atoms with E-state index in [1.54, 1.807) is 4.90 Å². The molecule has 1 aliphatic rings. The summed E-state index contributed by atoms with van der Waals surface area (Å²) >= 11 is 0. The van der Waals surface area contributed by atoms with E-state index in [0.717, 1.165) is 0 Å². The van der Waals surface area contributed by atoms with Gasteiger partial charge in [0.1, 0.15) is 5.60 Å². The van der Waals surface area contributed by atoms with E-state index in [4.69, 9.17) is 15.2 Å². The Balaban J connectivity index is 2.66. The van der Waals surface area contributed by atoms with Crippen molar-refractivity contribution in [1.29, 1.82) is 0 Å². The van der Waals surface area contributed by atoms with Crippen molar-refractivity contribution in [1.82, 2.24) is 4.90 Å². The first-order valence-corrected chi connectivity index (χ1v) is 6.01. The van der Waals surface area contributed by atoms with Crippen LogP contribution >= 0.6 is 0 Å². The van der Waals surface area contributed by atoms with Crippen molar-refractivity contribution in [3.05, 3.63) is 0 Å². The summed E-state index contributed by atoms with van der Waals surface area (Å²) < 4.78 is 10.8. The number of nitrogens with zero attached hydrogens (tertiary/aromatic N) is 1. The summed E-state index contributed by atoms with van der Waals surface area (Å²) in [5.74, 6) is 0. The fraction of sp³-hybridized carbons (Fsp3) is 0.917. The summed E-state index contributed by atoms with van der Waals surface area (Å²) in [5.41, 5.74) is 5.08. The van der Waals surface area contributed by atoms with Crippen molar-refractivity contribution in [3.63, 3.8) is 0 Å². The first-order valence-electron chi connectivity index (χ1n) is 6.01. The van der Waals surface area contributed by atoms with Gasteiger partial charge >= 0.3 is 6.09 Å². The molecule has 1 atom stereocenters. The molecule has 0 radical (unpaired) electrons. The maximum absolute atomic E-state index is 12.0. The van der Waals surface area contributed by atoms with E-state index in [-0.39, 0.29) is 11.5 Å².